The fourth-order valence-corrected chi connectivity index (χ4v) is 2.74. The third-order valence-electron chi connectivity index (χ3n) is 3.86. The normalized spacial score (nSPS) is 20.3. The minimum absolute atomic E-state index is 0.0202. The zero-order chi connectivity index (χ0) is 15.1. The summed E-state index contributed by atoms with van der Waals surface area (Å²) in [6, 6.07) is -1.68. The van der Waals surface area contributed by atoms with Crippen molar-refractivity contribution in [2.24, 2.45) is 7.05 Å². The third-order valence-corrected chi connectivity index (χ3v) is 3.86. The van der Waals surface area contributed by atoms with Gasteiger partial charge in [-0.1, -0.05) is 0 Å². The monoisotopic (exact) mass is 289 g/mol. The van der Waals surface area contributed by atoms with Gasteiger partial charge < -0.3 is 4.90 Å². The van der Waals surface area contributed by atoms with Crippen LogP contribution in [0.3, 0.4) is 0 Å². The smallest absolute Gasteiger partial charge is 0.326 e. The first-order chi connectivity index (χ1) is 9.23. The van der Waals surface area contributed by atoms with Gasteiger partial charge in [-0.3, -0.25) is 9.48 Å². The molecule has 7 heteroatoms. The maximum atomic E-state index is 13.1. The Balaban J connectivity index is 2.35. The summed E-state index contributed by atoms with van der Waals surface area (Å²) in [5.41, 5.74) is 1.36. The van der Waals surface area contributed by atoms with Gasteiger partial charge in [0.15, 0.2) is 0 Å². The minimum Gasteiger partial charge on any atom is -0.326 e. The van der Waals surface area contributed by atoms with Crippen LogP contribution in [0.4, 0.5) is 13.2 Å². The van der Waals surface area contributed by atoms with Crippen molar-refractivity contribution in [1.82, 2.24) is 14.7 Å². The van der Waals surface area contributed by atoms with Crippen molar-refractivity contribution < 1.29 is 18.0 Å². The van der Waals surface area contributed by atoms with E-state index in [1.54, 1.807) is 20.9 Å². The van der Waals surface area contributed by atoms with E-state index in [1.165, 1.54) is 4.68 Å². The van der Waals surface area contributed by atoms with Gasteiger partial charge in [0.25, 0.3) is 5.91 Å². The Kier molecular flexibility index (Phi) is 3.80. The Morgan fingerprint density at radius 2 is 1.95 bits per heavy atom. The zero-order valence-electron chi connectivity index (χ0n) is 11.8. The maximum absolute atomic E-state index is 13.1. The van der Waals surface area contributed by atoms with Gasteiger partial charge in [-0.05, 0) is 33.1 Å². The van der Waals surface area contributed by atoms with Crippen molar-refractivity contribution in [3.05, 3.63) is 17.0 Å². The Hall–Kier alpha value is -1.53. The van der Waals surface area contributed by atoms with Crippen molar-refractivity contribution in [2.45, 2.75) is 45.3 Å². The Morgan fingerprint density at radius 3 is 2.45 bits per heavy atom. The van der Waals surface area contributed by atoms with Crippen LogP contribution in [0.5, 0.6) is 0 Å². The molecular formula is C13H18F3N3O. The van der Waals surface area contributed by atoms with Gasteiger partial charge in [-0.15, -0.1) is 0 Å². The first-order valence-electron chi connectivity index (χ1n) is 6.61. The SMILES string of the molecule is Cc1nn(C)c(C)c1C(=O)N1CCCCC1C(F)(F)F. The quantitative estimate of drug-likeness (QED) is 0.797. The standard InChI is InChI=1S/C13H18F3N3O/c1-8-11(9(2)18(3)17-8)12(20)19-7-5-4-6-10(19)13(14,15)16/h10H,4-7H2,1-3H3. The molecule has 1 aromatic rings. The van der Waals surface area contributed by atoms with Gasteiger partial charge in [0.1, 0.15) is 6.04 Å². The molecule has 0 saturated carbocycles. The number of likely N-dealkylation sites (tertiary alicyclic amines) is 1. The predicted octanol–water partition coefficient (Wildman–Crippen LogP) is 2.59. The number of hydrogen-bond acceptors (Lipinski definition) is 2. The maximum Gasteiger partial charge on any atom is 0.408 e. The summed E-state index contributed by atoms with van der Waals surface area (Å²) in [6.07, 6.45) is -3.29. The number of alkyl halides is 3. The zero-order valence-corrected chi connectivity index (χ0v) is 11.8. The molecule has 1 unspecified atom stereocenters. The second-order valence-electron chi connectivity index (χ2n) is 5.22. The van der Waals surface area contributed by atoms with Gasteiger partial charge in [0.05, 0.1) is 11.3 Å². The average molecular weight is 289 g/mol. The molecule has 2 heterocycles. The van der Waals surface area contributed by atoms with E-state index in [4.69, 9.17) is 0 Å². The van der Waals surface area contributed by atoms with Crippen LogP contribution in [0, 0.1) is 13.8 Å². The molecule has 0 aliphatic carbocycles. The van der Waals surface area contributed by atoms with E-state index in [2.05, 4.69) is 5.10 Å². The topological polar surface area (TPSA) is 38.1 Å². The van der Waals surface area contributed by atoms with E-state index in [0.29, 0.717) is 29.8 Å². The lowest BCUT2D eigenvalue weighted by molar-refractivity contribution is -0.183. The second kappa shape index (κ2) is 5.10. The van der Waals surface area contributed by atoms with Crippen LogP contribution in [0.15, 0.2) is 0 Å². The molecule has 1 amide bonds. The molecule has 2 rings (SSSR count). The molecule has 1 aromatic heterocycles. The fraction of sp³-hybridized carbons (Fsp3) is 0.692. The number of halogens is 3. The molecule has 20 heavy (non-hydrogen) atoms. The predicted molar refractivity (Wildman–Crippen MR) is 67.4 cm³/mol. The molecule has 0 N–H and O–H groups in total. The van der Waals surface area contributed by atoms with Crippen LogP contribution in [-0.4, -0.2) is 39.4 Å². The summed E-state index contributed by atoms with van der Waals surface area (Å²) in [7, 11) is 1.68. The fourth-order valence-electron chi connectivity index (χ4n) is 2.74. The third kappa shape index (κ3) is 2.53. The van der Waals surface area contributed by atoms with Crippen molar-refractivity contribution in [1.29, 1.82) is 0 Å². The lowest BCUT2D eigenvalue weighted by Crippen LogP contribution is -2.51. The van der Waals surface area contributed by atoms with Gasteiger partial charge >= 0.3 is 6.18 Å². The van der Waals surface area contributed by atoms with Gasteiger partial charge in [0.2, 0.25) is 0 Å². The highest BCUT2D eigenvalue weighted by molar-refractivity contribution is 5.96. The summed E-state index contributed by atoms with van der Waals surface area (Å²) < 4.78 is 40.7. The summed E-state index contributed by atoms with van der Waals surface area (Å²) in [4.78, 5) is 13.4. The largest absolute Gasteiger partial charge is 0.408 e. The van der Waals surface area contributed by atoms with Crippen molar-refractivity contribution in [3.63, 3.8) is 0 Å². The van der Waals surface area contributed by atoms with Crippen molar-refractivity contribution in [2.75, 3.05) is 6.54 Å². The van der Waals surface area contributed by atoms with Crippen LogP contribution in [0.2, 0.25) is 0 Å². The molecular weight excluding hydrogens is 271 g/mol. The lowest BCUT2D eigenvalue weighted by atomic mass is 10.00. The number of nitrogens with zero attached hydrogens (tertiary/aromatic N) is 3. The summed E-state index contributed by atoms with van der Waals surface area (Å²) >= 11 is 0. The Morgan fingerprint density at radius 1 is 1.30 bits per heavy atom. The Labute approximate surface area is 115 Å². The number of hydrogen-bond donors (Lipinski definition) is 0. The van der Waals surface area contributed by atoms with Crippen LogP contribution < -0.4 is 0 Å². The number of rotatable bonds is 1. The molecule has 1 fully saturated rings. The van der Waals surface area contributed by atoms with E-state index in [9.17, 15) is 18.0 Å². The van der Waals surface area contributed by atoms with E-state index >= 15 is 0 Å². The number of aryl methyl sites for hydroxylation is 2. The number of carbonyl (C=O) groups excluding carboxylic acids is 1. The highest BCUT2D eigenvalue weighted by Gasteiger charge is 2.46. The summed E-state index contributed by atoms with van der Waals surface area (Å²) in [5, 5.41) is 4.10. The highest BCUT2D eigenvalue weighted by Crippen LogP contribution is 2.33. The van der Waals surface area contributed by atoms with Crippen LogP contribution in [0.1, 0.15) is 41.0 Å². The molecule has 0 aromatic carbocycles. The van der Waals surface area contributed by atoms with Gasteiger partial charge in [0, 0.05) is 19.3 Å². The second-order valence-corrected chi connectivity index (χ2v) is 5.22. The first kappa shape index (κ1) is 14.9. The van der Waals surface area contributed by atoms with E-state index in [-0.39, 0.29) is 13.0 Å². The van der Waals surface area contributed by atoms with Crippen LogP contribution >= 0.6 is 0 Å². The number of piperidine rings is 1. The summed E-state index contributed by atoms with van der Waals surface area (Å²) in [5.74, 6) is -0.560. The molecule has 0 spiro atoms. The molecule has 1 aliphatic heterocycles. The number of aromatic nitrogens is 2. The van der Waals surface area contributed by atoms with Crippen molar-refractivity contribution in [3.8, 4) is 0 Å². The van der Waals surface area contributed by atoms with Crippen LogP contribution in [0.25, 0.3) is 0 Å². The van der Waals surface area contributed by atoms with Gasteiger partial charge in [-0.2, -0.15) is 18.3 Å². The molecule has 112 valence electrons. The molecule has 0 bridgehead atoms. The van der Waals surface area contributed by atoms with Crippen molar-refractivity contribution >= 4 is 5.91 Å². The molecule has 1 saturated heterocycles. The van der Waals surface area contributed by atoms with E-state index in [1.807, 2.05) is 0 Å². The Bertz CT molecular complexity index is 522. The first-order valence-corrected chi connectivity index (χ1v) is 6.61. The number of carbonyl (C=O) groups is 1. The number of amides is 1. The van der Waals surface area contributed by atoms with E-state index < -0.39 is 18.1 Å². The van der Waals surface area contributed by atoms with Gasteiger partial charge in [-0.25, -0.2) is 0 Å². The molecule has 0 radical (unpaired) electrons. The van der Waals surface area contributed by atoms with E-state index in [0.717, 1.165) is 4.90 Å². The van der Waals surface area contributed by atoms with Crippen LogP contribution in [-0.2, 0) is 7.05 Å². The highest BCUT2D eigenvalue weighted by atomic mass is 19.4. The lowest BCUT2D eigenvalue weighted by Gasteiger charge is -2.36. The molecule has 1 aliphatic rings. The molecule has 4 nitrogen and oxygen atoms in total. The molecule has 1 atom stereocenters. The average Bonchev–Trinajstić information content (AvgIpc) is 2.61. The summed E-state index contributed by atoms with van der Waals surface area (Å²) in [6.45, 7) is 3.49. The minimum atomic E-state index is -4.37.